The third-order valence-electron chi connectivity index (χ3n) is 2.79. The highest BCUT2D eigenvalue weighted by atomic mass is 79.9. The lowest BCUT2D eigenvalue weighted by atomic mass is 10.1. The Morgan fingerprint density at radius 2 is 2.17 bits per heavy atom. The third kappa shape index (κ3) is 4.99. The van der Waals surface area contributed by atoms with E-state index in [1.54, 1.807) is 18.2 Å². The van der Waals surface area contributed by atoms with E-state index in [4.69, 9.17) is 11.6 Å². The lowest BCUT2D eigenvalue weighted by Gasteiger charge is -2.14. The molecule has 0 aromatic heterocycles. The maximum atomic E-state index is 12.1. The Balaban J connectivity index is 2.56. The topological polar surface area (TPSA) is 29.1 Å². The Bertz CT molecular complexity index is 409. The highest BCUT2D eigenvalue weighted by Gasteiger charge is 2.13. The normalized spacial score (nSPS) is 12.2. The second-order valence-corrected chi connectivity index (χ2v) is 5.79. The lowest BCUT2D eigenvalue weighted by molar-refractivity contribution is 0.0937. The fraction of sp³-hybridized carbons (Fsp3) is 0.500. The summed E-state index contributed by atoms with van der Waals surface area (Å²) in [5, 5.41) is 3.57. The van der Waals surface area contributed by atoms with Crippen molar-refractivity contribution in [2.45, 2.75) is 45.6 Å². The smallest absolute Gasteiger partial charge is 0.252 e. The van der Waals surface area contributed by atoms with Crippen LogP contribution in [0.15, 0.2) is 22.7 Å². The monoisotopic (exact) mass is 331 g/mol. The molecule has 1 rings (SSSR count). The molecule has 1 unspecified atom stereocenters. The molecule has 0 heterocycles. The molecule has 1 aromatic carbocycles. The van der Waals surface area contributed by atoms with Crippen molar-refractivity contribution in [3.8, 4) is 0 Å². The van der Waals surface area contributed by atoms with Gasteiger partial charge in [0.1, 0.15) is 0 Å². The van der Waals surface area contributed by atoms with Gasteiger partial charge in [0.2, 0.25) is 0 Å². The third-order valence-corrected chi connectivity index (χ3v) is 3.72. The largest absolute Gasteiger partial charge is 0.350 e. The molecule has 100 valence electrons. The van der Waals surface area contributed by atoms with Gasteiger partial charge in [0, 0.05) is 15.5 Å². The van der Waals surface area contributed by atoms with Gasteiger partial charge in [-0.2, -0.15) is 0 Å². The number of hydrogen-bond acceptors (Lipinski definition) is 1. The number of amides is 1. The molecule has 1 atom stereocenters. The van der Waals surface area contributed by atoms with Crippen molar-refractivity contribution in [2.75, 3.05) is 0 Å². The van der Waals surface area contributed by atoms with E-state index >= 15 is 0 Å². The van der Waals surface area contributed by atoms with Crippen molar-refractivity contribution >= 4 is 33.4 Å². The van der Waals surface area contributed by atoms with Crippen molar-refractivity contribution < 1.29 is 4.79 Å². The maximum Gasteiger partial charge on any atom is 0.252 e. The van der Waals surface area contributed by atoms with Crippen molar-refractivity contribution in [3.63, 3.8) is 0 Å². The standard InChI is InChI=1S/C14H19BrClNO/c1-3-4-5-6-10(2)17-14(18)12-9-11(16)7-8-13(12)15/h7-10H,3-6H2,1-2H3,(H,17,18). The van der Waals surface area contributed by atoms with Crippen molar-refractivity contribution in [1.29, 1.82) is 0 Å². The maximum absolute atomic E-state index is 12.1. The van der Waals surface area contributed by atoms with Crippen LogP contribution in [0.3, 0.4) is 0 Å². The van der Waals surface area contributed by atoms with Crippen LogP contribution in [-0.4, -0.2) is 11.9 Å². The quantitative estimate of drug-likeness (QED) is 0.745. The summed E-state index contributed by atoms with van der Waals surface area (Å²) in [5.41, 5.74) is 0.588. The lowest BCUT2D eigenvalue weighted by Crippen LogP contribution is -2.32. The molecule has 1 amide bonds. The first-order valence-electron chi connectivity index (χ1n) is 6.30. The van der Waals surface area contributed by atoms with Crippen LogP contribution < -0.4 is 5.32 Å². The molecule has 0 saturated carbocycles. The van der Waals surface area contributed by atoms with Crippen molar-refractivity contribution in [1.82, 2.24) is 5.32 Å². The summed E-state index contributed by atoms with van der Waals surface area (Å²) in [6.45, 7) is 4.21. The van der Waals surface area contributed by atoms with Gasteiger partial charge in [-0.15, -0.1) is 0 Å². The summed E-state index contributed by atoms with van der Waals surface area (Å²) in [4.78, 5) is 12.1. The fourth-order valence-electron chi connectivity index (χ4n) is 1.75. The first kappa shape index (κ1) is 15.5. The zero-order valence-corrected chi connectivity index (χ0v) is 13.1. The number of halogens is 2. The van der Waals surface area contributed by atoms with E-state index in [0.29, 0.717) is 10.6 Å². The Labute approximate surface area is 122 Å². The first-order valence-corrected chi connectivity index (χ1v) is 7.47. The Morgan fingerprint density at radius 1 is 1.44 bits per heavy atom. The van der Waals surface area contributed by atoms with Crippen LogP contribution in [0.25, 0.3) is 0 Å². The molecule has 4 heteroatoms. The molecule has 1 N–H and O–H groups in total. The molecule has 0 aliphatic carbocycles. The second kappa shape index (κ2) is 7.80. The van der Waals surface area contributed by atoms with Crippen LogP contribution in [0, 0.1) is 0 Å². The number of nitrogens with one attached hydrogen (secondary N) is 1. The van der Waals surface area contributed by atoms with E-state index in [-0.39, 0.29) is 11.9 Å². The molecular formula is C14H19BrClNO. The van der Waals surface area contributed by atoms with Crippen LogP contribution in [-0.2, 0) is 0 Å². The number of unbranched alkanes of at least 4 members (excludes halogenated alkanes) is 2. The van der Waals surface area contributed by atoms with Crippen LogP contribution in [0.1, 0.15) is 49.9 Å². The van der Waals surface area contributed by atoms with Crippen LogP contribution in [0.4, 0.5) is 0 Å². The number of rotatable bonds is 6. The summed E-state index contributed by atoms with van der Waals surface area (Å²) < 4.78 is 0.769. The van der Waals surface area contributed by atoms with Gasteiger partial charge in [-0.05, 0) is 47.5 Å². The molecule has 0 fully saturated rings. The predicted molar refractivity (Wildman–Crippen MR) is 80.2 cm³/mol. The van der Waals surface area contributed by atoms with Gasteiger partial charge in [0.05, 0.1) is 5.56 Å². The van der Waals surface area contributed by atoms with Crippen LogP contribution >= 0.6 is 27.5 Å². The summed E-state index contributed by atoms with van der Waals surface area (Å²) in [7, 11) is 0. The van der Waals surface area contributed by atoms with E-state index in [1.807, 2.05) is 6.92 Å². The zero-order chi connectivity index (χ0) is 13.5. The minimum atomic E-state index is -0.0756. The molecule has 0 saturated heterocycles. The Hall–Kier alpha value is -0.540. The molecule has 0 spiro atoms. The molecule has 0 radical (unpaired) electrons. The molecule has 0 aliphatic heterocycles. The van der Waals surface area contributed by atoms with Gasteiger partial charge < -0.3 is 5.32 Å². The summed E-state index contributed by atoms with van der Waals surface area (Å²) >= 11 is 9.26. The highest BCUT2D eigenvalue weighted by molar-refractivity contribution is 9.10. The van der Waals surface area contributed by atoms with Crippen LogP contribution in [0.2, 0.25) is 5.02 Å². The Morgan fingerprint density at radius 3 is 2.83 bits per heavy atom. The van der Waals surface area contributed by atoms with Gasteiger partial charge >= 0.3 is 0 Å². The van der Waals surface area contributed by atoms with Crippen molar-refractivity contribution in [3.05, 3.63) is 33.3 Å². The van der Waals surface area contributed by atoms with Gasteiger partial charge in [0.25, 0.3) is 5.91 Å². The van der Waals surface area contributed by atoms with E-state index in [1.165, 1.54) is 12.8 Å². The van der Waals surface area contributed by atoms with E-state index in [2.05, 4.69) is 28.2 Å². The van der Waals surface area contributed by atoms with Gasteiger partial charge in [-0.1, -0.05) is 37.8 Å². The minimum Gasteiger partial charge on any atom is -0.350 e. The predicted octanol–water partition coefficient (Wildman–Crippen LogP) is 4.80. The summed E-state index contributed by atoms with van der Waals surface area (Å²) in [6, 6.07) is 5.42. The SMILES string of the molecule is CCCCCC(C)NC(=O)c1cc(Cl)ccc1Br. The summed E-state index contributed by atoms with van der Waals surface area (Å²) in [5.74, 6) is -0.0756. The van der Waals surface area contributed by atoms with E-state index in [9.17, 15) is 4.79 Å². The molecular weight excluding hydrogens is 314 g/mol. The first-order chi connectivity index (χ1) is 8.54. The van der Waals surface area contributed by atoms with Crippen LogP contribution in [0.5, 0.6) is 0 Å². The average Bonchev–Trinajstić information content (AvgIpc) is 2.32. The molecule has 0 aliphatic rings. The minimum absolute atomic E-state index is 0.0756. The van der Waals surface area contributed by atoms with Crippen molar-refractivity contribution in [2.24, 2.45) is 0 Å². The highest BCUT2D eigenvalue weighted by Crippen LogP contribution is 2.21. The Kier molecular flexibility index (Phi) is 6.72. The average molecular weight is 333 g/mol. The van der Waals surface area contributed by atoms with Gasteiger partial charge in [-0.25, -0.2) is 0 Å². The van der Waals surface area contributed by atoms with E-state index < -0.39 is 0 Å². The molecule has 0 bridgehead atoms. The molecule has 2 nitrogen and oxygen atoms in total. The van der Waals surface area contributed by atoms with E-state index in [0.717, 1.165) is 17.3 Å². The fourth-order valence-corrected chi connectivity index (χ4v) is 2.34. The number of benzene rings is 1. The zero-order valence-electron chi connectivity index (χ0n) is 10.8. The molecule has 1 aromatic rings. The van der Waals surface area contributed by atoms with Gasteiger partial charge in [-0.3, -0.25) is 4.79 Å². The number of carbonyl (C=O) groups is 1. The second-order valence-electron chi connectivity index (χ2n) is 4.49. The number of carbonyl (C=O) groups excluding carboxylic acids is 1. The number of hydrogen-bond donors (Lipinski definition) is 1. The van der Waals surface area contributed by atoms with Gasteiger partial charge in [0.15, 0.2) is 0 Å². The summed E-state index contributed by atoms with van der Waals surface area (Å²) in [6.07, 6.45) is 4.56. The molecule has 18 heavy (non-hydrogen) atoms.